The molecule has 3 heteroatoms. The number of likely N-dealkylation sites (tertiary alicyclic amines) is 1. The van der Waals surface area contributed by atoms with Crippen LogP contribution in [-0.2, 0) is 13.0 Å². The summed E-state index contributed by atoms with van der Waals surface area (Å²) in [4.78, 5) is 2.30. The van der Waals surface area contributed by atoms with Gasteiger partial charge in [-0.25, -0.2) is 0 Å². The molecular weight excluding hydrogens is 226 g/mol. The second-order valence-electron chi connectivity index (χ2n) is 6.12. The Labute approximate surface area is 108 Å². The van der Waals surface area contributed by atoms with Crippen molar-refractivity contribution >= 4 is 0 Å². The zero-order valence-electron chi connectivity index (χ0n) is 11.1. The van der Waals surface area contributed by atoms with Crippen molar-refractivity contribution in [3.63, 3.8) is 0 Å². The number of hydrogen-bond acceptors (Lipinski definition) is 3. The minimum Gasteiger partial charge on any atom is -0.487 e. The van der Waals surface area contributed by atoms with E-state index in [0.717, 1.165) is 38.2 Å². The molecule has 1 fully saturated rings. The molecule has 1 saturated heterocycles. The van der Waals surface area contributed by atoms with E-state index in [2.05, 4.69) is 36.9 Å². The van der Waals surface area contributed by atoms with Gasteiger partial charge in [-0.2, -0.15) is 0 Å². The molecule has 2 aliphatic rings. The maximum Gasteiger partial charge on any atom is 0.127 e. The largest absolute Gasteiger partial charge is 0.487 e. The van der Waals surface area contributed by atoms with Gasteiger partial charge in [-0.1, -0.05) is 18.2 Å². The molecule has 2 aliphatic heterocycles. The van der Waals surface area contributed by atoms with E-state index in [9.17, 15) is 5.11 Å². The van der Waals surface area contributed by atoms with E-state index in [0.29, 0.717) is 0 Å². The number of aliphatic hydroxyl groups excluding tert-OH is 1. The number of para-hydroxylation sites is 1. The highest BCUT2D eigenvalue weighted by molar-refractivity contribution is 5.45. The number of fused-ring (bicyclic) bond motifs is 1. The SMILES string of the molecule is CC1(C)Cc2cccc(CN3CC[C@@H](O)C3)c2O1. The quantitative estimate of drug-likeness (QED) is 0.867. The lowest BCUT2D eigenvalue weighted by atomic mass is 10.0. The summed E-state index contributed by atoms with van der Waals surface area (Å²) in [7, 11) is 0. The van der Waals surface area contributed by atoms with Gasteiger partial charge in [0, 0.05) is 31.6 Å². The minimum atomic E-state index is -0.154. The van der Waals surface area contributed by atoms with Crippen molar-refractivity contribution in [2.24, 2.45) is 0 Å². The van der Waals surface area contributed by atoms with Crippen molar-refractivity contribution in [3.05, 3.63) is 29.3 Å². The predicted octanol–water partition coefficient (Wildman–Crippen LogP) is 1.97. The molecule has 3 nitrogen and oxygen atoms in total. The fourth-order valence-corrected chi connectivity index (χ4v) is 3.00. The first-order valence-corrected chi connectivity index (χ1v) is 6.74. The Morgan fingerprint density at radius 3 is 3.00 bits per heavy atom. The summed E-state index contributed by atoms with van der Waals surface area (Å²) in [5.74, 6) is 1.07. The smallest absolute Gasteiger partial charge is 0.127 e. The summed E-state index contributed by atoms with van der Waals surface area (Å²) in [6.07, 6.45) is 1.72. The Morgan fingerprint density at radius 1 is 1.44 bits per heavy atom. The van der Waals surface area contributed by atoms with E-state index >= 15 is 0 Å². The van der Waals surface area contributed by atoms with Crippen LogP contribution in [0.1, 0.15) is 31.4 Å². The Hall–Kier alpha value is -1.06. The van der Waals surface area contributed by atoms with Gasteiger partial charge in [-0.3, -0.25) is 4.90 Å². The predicted molar refractivity (Wildman–Crippen MR) is 70.8 cm³/mol. The first-order chi connectivity index (χ1) is 8.53. The fraction of sp³-hybridized carbons (Fsp3) is 0.600. The summed E-state index contributed by atoms with van der Waals surface area (Å²) in [5.41, 5.74) is 2.49. The van der Waals surface area contributed by atoms with E-state index in [4.69, 9.17) is 4.74 Å². The Kier molecular flexibility index (Phi) is 2.83. The highest BCUT2D eigenvalue weighted by Crippen LogP contribution is 2.38. The molecule has 0 aliphatic carbocycles. The first kappa shape index (κ1) is 12.0. The van der Waals surface area contributed by atoms with Gasteiger partial charge in [-0.15, -0.1) is 0 Å². The van der Waals surface area contributed by atoms with Crippen molar-refractivity contribution in [1.29, 1.82) is 0 Å². The first-order valence-electron chi connectivity index (χ1n) is 6.74. The van der Waals surface area contributed by atoms with Crippen LogP contribution in [0.15, 0.2) is 18.2 Å². The number of ether oxygens (including phenoxy) is 1. The van der Waals surface area contributed by atoms with Crippen LogP contribution in [0.2, 0.25) is 0 Å². The molecule has 1 atom stereocenters. The highest BCUT2D eigenvalue weighted by Gasteiger charge is 2.32. The van der Waals surface area contributed by atoms with E-state index in [1.165, 1.54) is 11.1 Å². The second kappa shape index (κ2) is 4.25. The number of nitrogens with zero attached hydrogens (tertiary/aromatic N) is 1. The Bertz CT molecular complexity index is 456. The van der Waals surface area contributed by atoms with E-state index in [1.54, 1.807) is 0 Å². The zero-order valence-corrected chi connectivity index (χ0v) is 11.1. The number of rotatable bonds is 2. The molecule has 0 bridgehead atoms. The monoisotopic (exact) mass is 247 g/mol. The molecule has 2 heterocycles. The molecular formula is C15H21NO2. The summed E-state index contributed by atoms with van der Waals surface area (Å²) in [6, 6.07) is 6.42. The van der Waals surface area contributed by atoms with Crippen LogP contribution in [0.25, 0.3) is 0 Å². The third-order valence-corrected chi connectivity index (χ3v) is 3.81. The van der Waals surface area contributed by atoms with Crippen molar-refractivity contribution in [2.45, 2.75) is 44.9 Å². The highest BCUT2D eigenvalue weighted by atomic mass is 16.5. The Morgan fingerprint density at radius 2 is 2.28 bits per heavy atom. The van der Waals surface area contributed by atoms with Crippen LogP contribution in [0.3, 0.4) is 0 Å². The van der Waals surface area contributed by atoms with E-state index in [-0.39, 0.29) is 11.7 Å². The average molecular weight is 247 g/mol. The normalized spacial score (nSPS) is 26.1. The van der Waals surface area contributed by atoms with Gasteiger partial charge in [0.2, 0.25) is 0 Å². The summed E-state index contributed by atoms with van der Waals surface area (Å²) < 4.78 is 6.07. The van der Waals surface area contributed by atoms with Crippen molar-refractivity contribution in [2.75, 3.05) is 13.1 Å². The van der Waals surface area contributed by atoms with Crippen molar-refractivity contribution in [1.82, 2.24) is 4.90 Å². The van der Waals surface area contributed by atoms with E-state index < -0.39 is 0 Å². The minimum absolute atomic E-state index is 0.0804. The lowest BCUT2D eigenvalue weighted by Gasteiger charge is -2.20. The number of aliphatic hydroxyl groups is 1. The van der Waals surface area contributed by atoms with Gasteiger partial charge in [0.1, 0.15) is 11.4 Å². The van der Waals surface area contributed by atoms with Gasteiger partial charge in [-0.05, 0) is 25.8 Å². The maximum absolute atomic E-state index is 9.58. The third-order valence-electron chi connectivity index (χ3n) is 3.81. The summed E-state index contributed by atoms with van der Waals surface area (Å²) >= 11 is 0. The Balaban J connectivity index is 1.80. The van der Waals surface area contributed by atoms with Gasteiger partial charge < -0.3 is 9.84 Å². The summed E-state index contributed by atoms with van der Waals surface area (Å²) in [5, 5.41) is 9.58. The molecule has 0 aromatic heterocycles. The van der Waals surface area contributed by atoms with E-state index in [1.807, 2.05) is 0 Å². The van der Waals surface area contributed by atoms with Crippen LogP contribution in [0.5, 0.6) is 5.75 Å². The lowest BCUT2D eigenvalue weighted by Crippen LogP contribution is -2.25. The van der Waals surface area contributed by atoms with Crippen LogP contribution < -0.4 is 4.74 Å². The topological polar surface area (TPSA) is 32.7 Å². The summed E-state index contributed by atoms with van der Waals surface area (Å²) in [6.45, 7) is 6.92. The third kappa shape index (κ3) is 2.25. The second-order valence-corrected chi connectivity index (χ2v) is 6.12. The van der Waals surface area contributed by atoms with Gasteiger partial charge in [0.05, 0.1) is 6.10 Å². The maximum atomic E-state index is 9.58. The van der Waals surface area contributed by atoms with Crippen LogP contribution in [0.4, 0.5) is 0 Å². The molecule has 0 spiro atoms. The van der Waals surface area contributed by atoms with Crippen molar-refractivity contribution < 1.29 is 9.84 Å². The van der Waals surface area contributed by atoms with Crippen LogP contribution >= 0.6 is 0 Å². The molecule has 0 radical (unpaired) electrons. The molecule has 1 aromatic rings. The molecule has 1 aromatic carbocycles. The zero-order chi connectivity index (χ0) is 12.8. The lowest BCUT2D eigenvalue weighted by molar-refractivity contribution is 0.135. The molecule has 3 rings (SSSR count). The fourth-order valence-electron chi connectivity index (χ4n) is 3.00. The number of hydrogen-bond donors (Lipinski definition) is 1. The molecule has 0 unspecified atom stereocenters. The van der Waals surface area contributed by atoms with Gasteiger partial charge in [0.15, 0.2) is 0 Å². The molecule has 0 amide bonds. The molecule has 1 N–H and O–H groups in total. The number of β-amino-alcohol motifs (C(OH)–C–C–N with tert-alkyl or cyclic N) is 1. The molecule has 98 valence electrons. The van der Waals surface area contributed by atoms with Crippen LogP contribution in [-0.4, -0.2) is 34.8 Å². The van der Waals surface area contributed by atoms with Crippen LogP contribution in [0, 0.1) is 0 Å². The average Bonchev–Trinajstić information content (AvgIpc) is 2.81. The van der Waals surface area contributed by atoms with Gasteiger partial charge in [0.25, 0.3) is 0 Å². The van der Waals surface area contributed by atoms with Crippen molar-refractivity contribution in [3.8, 4) is 5.75 Å². The standard InChI is InChI=1S/C15H21NO2/c1-15(2)8-11-4-3-5-12(14(11)18-15)9-16-7-6-13(17)10-16/h3-5,13,17H,6-10H2,1-2H3/t13-/m1/s1. The molecule has 0 saturated carbocycles. The number of benzene rings is 1. The van der Waals surface area contributed by atoms with Gasteiger partial charge >= 0.3 is 0 Å². The molecule has 18 heavy (non-hydrogen) atoms.